The van der Waals surface area contributed by atoms with Gasteiger partial charge in [-0.1, -0.05) is 12.1 Å². The molecule has 0 atom stereocenters. The molecule has 0 amide bonds. The van der Waals surface area contributed by atoms with Crippen molar-refractivity contribution >= 4 is 37.6 Å². The molecule has 0 unspecified atom stereocenters. The van der Waals surface area contributed by atoms with Crippen LogP contribution in [0.2, 0.25) is 0 Å². The summed E-state index contributed by atoms with van der Waals surface area (Å²) in [6.45, 7) is 1.64. The molecule has 110 valence electrons. The molecule has 0 saturated carbocycles. The number of hydrogen-bond donors (Lipinski definition) is 2. The summed E-state index contributed by atoms with van der Waals surface area (Å²) in [7, 11) is -3.74. The summed E-state index contributed by atoms with van der Waals surface area (Å²) in [6, 6.07) is 10.7. The number of rotatable bonds is 4. The second-order valence-corrected chi connectivity index (χ2v) is 6.88. The van der Waals surface area contributed by atoms with Crippen LogP contribution in [-0.2, 0) is 10.0 Å². The highest BCUT2D eigenvalue weighted by Crippen LogP contribution is 2.25. The van der Waals surface area contributed by atoms with Gasteiger partial charge in [-0.3, -0.25) is 4.72 Å². The van der Waals surface area contributed by atoms with Gasteiger partial charge in [-0.15, -0.1) is 0 Å². The standard InChI is InChI=1S/C14H12BrNO4S/c1-9-8-10(14(17)18)6-7-12(9)16-21(19,20)13-5-3-2-4-11(13)15/h2-8,16H,1H3,(H,17,18). The molecule has 21 heavy (non-hydrogen) atoms. The Bertz CT molecular complexity index is 802. The average molecular weight is 370 g/mol. The fourth-order valence-corrected chi connectivity index (χ4v) is 3.91. The quantitative estimate of drug-likeness (QED) is 0.866. The summed E-state index contributed by atoms with van der Waals surface area (Å²) in [6.07, 6.45) is 0. The molecule has 0 fully saturated rings. The number of nitrogens with one attached hydrogen (secondary N) is 1. The molecule has 0 aliphatic carbocycles. The number of carboxylic acids is 1. The van der Waals surface area contributed by atoms with Crippen molar-refractivity contribution in [2.45, 2.75) is 11.8 Å². The van der Waals surface area contributed by atoms with Gasteiger partial charge in [-0.2, -0.15) is 0 Å². The minimum Gasteiger partial charge on any atom is -0.478 e. The highest BCUT2D eigenvalue weighted by molar-refractivity contribution is 9.10. The van der Waals surface area contributed by atoms with Gasteiger partial charge in [0.1, 0.15) is 4.90 Å². The zero-order chi connectivity index (χ0) is 15.6. The van der Waals surface area contributed by atoms with Crippen molar-refractivity contribution in [1.82, 2.24) is 0 Å². The lowest BCUT2D eigenvalue weighted by atomic mass is 10.1. The number of carboxylic acid groups (broad SMARTS) is 1. The van der Waals surface area contributed by atoms with E-state index in [0.717, 1.165) is 0 Å². The van der Waals surface area contributed by atoms with E-state index < -0.39 is 16.0 Å². The van der Waals surface area contributed by atoms with Crippen LogP contribution in [0.1, 0.15) is 15.9 Å². The zero-order valence-corrected chi connectivity index (χ0v) is 13.4. The zero-order valence-electron chi connectivity index (χ0n) is 11.0. The third-order valence-corrected chi connectivity index (χ3v) is 5.22. The minimum atomic E-state index is -3.74. The number of benzene rings is 2. The molecule has 0 bridgehead atoms. The van der Waals surface area contributed by atoms with Crippen molar-refractivity contribution in [3.63, 3.8) is 0 Å². The topological polar surface area (TPSA) is 83.5 Å². The van der Waals surface area contributed by atoms with Crippen LogP contribution >= 0.6 is 15.9 Å². The Labute approximate surface area is 130 Å². The Morgan fingerprint density at radius 2 is 1.86 bits per heavy atom. The van der Waals surface area contributed by atoms with Crippen LogP contribution in [0, 0.1) is 6.92 Å². The van der Waals surface area contributed by atoms with Crippen molar-refractivity contribution in [2.24, 2.45) is 0 Å². The van der Waals surface area contributed by atoms with Gasteiger partial charge in [0.15, 0.2) is 0 Å². The van der Waals surface area contributed by atoms with Crippen LogP contribution in [0.5, 0.6) is 0 Å². The summed E-state index contributed by atoms with van der Waals surface area (Å²) in [5.41, 5.74) is 0.984. The molecule has 0 aliphatic heterocycles. The van der Waals surface area contributed by atoms with Crippen LogP contribution < -0.4 is 4.72 Å². The summed E-state index contributed by atoms with van der Waals surface area (Å²) in [4.78, 5) is 11.0. The van der Waals surface area contributed by atoms with Crippen molar-refractivity contribution in [3.8, 4) is 0 Å². The second-order valence-electron chi connectivity index (χ2n) is 4.37. The van der Waals surface area contributed by atoms with E-state index in [1.807, 2.05) is 0 Å². The van der Waals surface area contributed by atoms with Crippen molar-refractivity contribution in [3.05, 3.63) is 58.1 Å². The lowest BCUT2D eigenvalue weighted by molar-refractivity contribution is 0.0697. The van der Waals surface area contributed by atoms with Crippen molar-refractivity contribution in [2.75, 3.05) is 4.72 Å². The van der Waals surface area contributed by atoms with E-state index in [9.17, 15) is 13.2 Å². The Morgan fingerprint density at radius 1 is 1.19 bits per heavy atom. The van der Waals surface area contributed by atoms with Crippen LogP contribution in [0.4, 0.5) is 5.69 Å². The summed E-state index contributed by atoms with van der Waals surface area (Å²) in [5, 5.41) is 8.90. The molecule has 2 N–H and O–H groups in total. The molecule has 0 heterocycles. The van der Waals surface area contributed by atoms with E-state index >= 15 is 0 Å². The van der Waals surface area contributed by atoms with Gasteiger partial charge in [0.05, 0.1) is 11.3 Å². The number of aromatic carboxylic acids is 1. The van der Waals surface area contributed by atoms with Gasteiger partial charge in [-0.05, 0) is 58.7 Å². The molecule has 0 saturated heterocycles. The van der Waals surface area contributed by atoms with Gasteiger partial charge in [0.25, 0.3) is 10.0 Å². The van der Waals surface area contributed by atoms with Crippen LogP contribution in [0.3, 0.4) is 0 Å². The van der Waals surface area contributed by atoms with Crippen LogP contribution in [0.25, 0.3) is 0 Å². The summed E-state index contributed by atoms with van der Waals surface area (Å²) < 4.78 is 27.6. The van der Waals surface area contributed by atoms with Crippen LogP contribution in [0.15, 0.2) is 51.8 Å². The monoisotopic (exact) mass is 369 g/mol. The van der Waals surface area contributed by atoms with Gasteiger partial charge >= 0.3 is 5.97 Å². The van der Waals surface area contributed by atoms with Gasteiger partial charge in [0, 0.05) is 4.47 Å². The SMILES string of the molecule is Cc1cc(C(=O)O)ccc1NS(=O)(=O)c1ccccc1Br. The Balaban J connectivity index is 2.38. The van der Waals surface area contributed by atoms with Gasteiger partial charge in [0.2, 0.25) is 0 Å². The normalized spacial score (nSPS) is 11.1. The second kappa shape index (κ2) is 5.87. The van der Waals surface area contributed by atoms with Crippen LogP contribution in [-0.4, -0.2) is 19.5 Å². The predicted octanol–water partition coefficient (Wildman–Crippen LogP) is 3.26. The van der Waals surface area contributed by atoms with E-state index in [0.29, 0.717) is 15.7 Å². The lowest BCUT2D eigenvalue weighted by Crippen LogP contribution is -2.14. The third kappa shape index (κ3) is 3.43. The Kier molecular flexibility index (Phi) is 4.34. The van der Waals surface area contributed by atoms with Gasteiger partial charge in [-0.25, -0.2) is 13.2 Å². The number of sulfonamides is 1. The predicted molar refractivity (Wildman–Crippen MR) is 83.1 cm³/mol. The molecule has 2 aromatic carbocycles. The van der Waals surface area contributed by atoms with E-state index in [4.69, 9.17) is 5.11 Å². The van der Waals surface area contributed by atoms with Crippen molar-refractivity contribution < 1.29 is 18.3 Å². The molecule has 0 spiro atoms. The first-order chi connectivity index (χ1) is 9.81. The minimum absolute atomic E-state index is 0.108. The van der Waals surface area contributed by atoms with E-state index in [1.54, 1.807) is 25.1 Å². The lowest BCUT2D eigenvalue weighted by Gasteiger charge is -2.12. The van der Waals surface area contributed by atoms with Crippen molar-refractivity contribution in [1.29, 1.82) is 0 Å². The molecule has 2 aromatic rings. The average Bonchev–Trinajstić information content (AvgIpc) is 2.41. The fraction of sp³-hybridized carbons (Fsp3) is 0.0714. The first kappa shape index (κ1) is 15.5. The molecule has 0 radical (unpaired) electrons. The fourth-order valence-electron chi connectivity index (χ4n) is 1.77. The highest BCUT2D eigenvalue weighted by Gasteiger charge is 2.18. The highest BCUT2D eigenvalue weighted by atomic mass is 79.9. The van der Waals surface area contributed by atoms with Gasteiger partial charge < -0.3 is 5.11 Å². The maximum absolute atomic E-state index is 12.3. The maximum Gasteiger partial charge on any atom is 0.335 e. The van der Waals surface area contributed by atoms with E-state index in [-0.39, 0.29) is 10.5 Å². The summed E-state index contributed by atoms with van der Waals surface area (Å²) in [5.74, 6) is -1.06. The van der Waals surface area contributed by atoms with E-state index in [1.165, 1.54) is 24.3 Å². The first-order valence-electron chi connectivity index (χ1n) is 5.92. The number of halogens is 1. The first-order valence-corrected chi connectivity index (χ1v) is 8.20. The third-order valence-electron chi connectivity index (χ3n) is 2.84. The molecular weight excluding hydrogens is 358 g/mol. The number of carbonyl (C=O) groups is 1. The molecule has 0 aromatic heterocycles. The molecule has 0 aliphatic rings. The molecule has 5 nitrogen and oxygen atoms in total. The van der Waals surface area contributed by atoms with E-state index in [2.05, 4.69) is 20.7 Å². The Hall–Kier alpha value is -1.86. The largest absolute Gasteiger partial charge is 0.478 e. The molecule has 2 rings (SSSR count). The number of anilines is 1. The Morgan fingerprint density at radius 3 is 2.43 bits per heavy atom. The molecular formula is C14H12BrNO4S. The number of aryl methyl sites for hydroxylation is 1. The summed E-state index contributed by atoms with van der Waals surface area (Å²) >= 11 is 3.20. The molecule has 7 heteroatoms. The maximum atomic E-state index is 12.3. The smallest absolute Gasteiger partial charge is 0.335 e. The number of hydrogen-bond acceptors (Lipinski definition) is 3.